The quantitative estimate of drug-likeness (QED) is 0.297. The normalized spacial score (nSPS) is 15.4. The summed E-state index contributed by atoms with van der Waals surface area (Å²) in [6.07, 6.45) is 7.21. The van der Waals surface area contributed by atoms with Crippen LogP contribution in [0.1, 0.15) is 41.2 Å². The van der Waals surface area contributed by atoms with Crippen LogP contribution < -0.4 is 15.2 Å². The fraction of sp³-hybridized carbons (Fsp3) is 0.310. The highest BCUT2D eigenvalue weighted by molar-refractivity contribution is 7.16. The van der Waals surface area contributed by atoms with Crippen LogP contribution in [0.15, 0.2) is 61.2 Å². The van der Waals surface area contributed by atoms with Gasteiger partial charge in [0.15, 0.2) is 0 Å². The average Bonchev–Trinajstić information content (AvgIpc) is 3.68. The van der Waals surface area contributed by atoms with Gasteiger partial charge in [-0.1, -0.05) is 12.1 Å². The first-order valence-corrected chi connectivity index (χ1v) is 14.0. The van der Waals surface area contributed by atoms with Crippen LogP contribution in [0.25, 0.3) is 27.2 Å². The number of nitrogens with zero attached hydrogens (tertiary/aromatic N) is 6. The van der Waals surface area contributed by atoms with E-state index in [2.05, 4.69) is 22.0 Å². The molecule has 1 amide bonds. The first-order chi connectivity index (χ1) is 19.3. The third kappa shape index (κ3) is 5.30. The van der Waals surface area contributed by atoms with E-state index in [1.165, 1.54) is 11.3 Å². The lowest BCUT2D eigenvalue weighted by molar-refractivity contribution is 0.0997. The molecule has 1 unspecified atom stereocenters. The summed E-state index contributed by atoms with van der Waals surface area (Å²) in [5.74, 6) is 0.450. The molecule has 0 spiro atoms. The summed E-state index contributed by atoms with van der Waals surface area (Å²) in [4.78, 5) is 24.3. The molecule has 4 aromatic heterocycles. The molecule has 1 saturated heterocycles. The van der Waals surface area contributed by atoms with E-state index in [1.54, 1.807) is 11.0 Å². The number of carbonyl (C=O) groups is 1. The van der Waals surface area contributed by atoms with Gasteiger partial charge in [0, 0.05) is 44.0 Å². The molecule has 0 bridgehead atoms. The Labute approximate surface area is 236 Å². The molecule has 11 heteroatoms. The molecule has 10 nitrogen and oxygen atoms in total. The molecule has 1 aliphatic heterocycles. The first kappa shape index (κ1) is 26.0. The second kappa shape index (κ2) is 10.7. The second-order valence-electron chi connectivity index (χ2n) is 10.1. The molecule has 0 saturated carbocycles. The number of hydrogen-bond acceptors (Lipinski definition) is 8. The van der Waals surface area contributed by atoms with Crippen molar-refractivity contribution < 1.29 is 14.3 Å². The summed E-state index contributed by atoms with van der Waals surface area (Å²) >= 11 is 1.27. The van der Waals surface area contributed by atoms with Crippen LogP contribution in [0, 0.1) is 0 Å². The molecule has 0 radical (unpaired) electrons. The standard InChI is InChI=1S/C29H31N7O3S/c1-18(22-5-4-6-26(33-22)39-21-9-11-34(2)12-10-21)38-25-14-27(40-28(25)29(30)37)36-17-31-23-13-19(7-8-24(23)36)20-15-32-35(3)16-20/h4-8,13-18,21H,9-12H2,1-3H3,(H2,30,37). The monoisotopic (exact) mass is 557 g/mol. The molecular weight excluding hydrogens is 526 g/mol. The first-order valence-electron chi connectivity index (χ1n) is 13.2. The smallest absolute Gasteiger partial charge is 0.262 e. The number of fused-ring (bicyclic) bond motifs is 1. The Bertz CT molecular complexity index is 1670. The zero-order valence-electron chi connectivity index (χ0n) is 22.7. The minimum atomic E-state index is -0.547. The van der Waals surface area contributed by atoms with Gasteiger partial charge >= 0.3 is 0 Å². The number of carbonyl (C=O) groups excluding carboxylic acids is 1. The van der Waals surface area contributed by atoms with Crippen molar-refractivity contribution in [1.29, 1.82) is 0 Å². The Balaban J connectivity index is 1.23. The van der Waals surface area contributed by atoms with Gasteiger partial charge in [0.1, 0.15) is 34.2 Å². The summed E-state index contributed by atoms with van der Waals surface area (Å²) in [7, 11) is 4.01. The van der Waals surface area contributed by atoms with Crippen LogP contribution in [0.3, 0.4) is 0 Å². The number of benzene rings is 1. The summed E-state index contributed by atoms with van der Waals surface area (Å²) < 4.78 is 16.1. The molecule has 1 aromatic carbocycles. The fourth-order valence-corrected chi connectivity index (χ4v) is 5.85. The zero-order valence-corrected chi connectivity index (χ0v) is 23.5. The number of rotatable bonds is 8. The summed E-state index contributed by atoms with van der Waals surface area (Å²) in [6.45, 7) is 3.92. The maximum atomic E-state index is 12.4. The van der Waals surface area contributed by atoms with Crippen molar-refractivity contribution in [1.82, 2.24) is 29.2 Å². The maximum absolute atomic E-state index is 12.4. The van der Waals surface area contributed by atoms with Crippen LogP contribution in [0.5, 0.6) is 11.6 Å². The molecule has 40 heavy (non-hydrogen) atoms. The number of pyridine rings is 1. The van der Waals surface area contributed by atoms with Crippen LogP contribution in [-0.2, 0) is 7.05 Å². The number of ether oxygens (including phenoxy) is 2. The van der Waals surface area contributed by atoms with Crippen LogP contribution in [-0.4, -0.2) is 61.4 Å². The Hall–Kier alpha value is -4.22. The Kier molecular flexibility index (Phi) is 6.99. The summed E-state index contributed by atoms with van der Waals surface area (Å²) in [5, 5.41) is 5.03. The molecule has 1 aliphatic rings. The largest absolute Gasteiger partial charge is 0.483 e. The highest BCUT2D eigenvalue weighted by Crippen LogP contribution is 2.36. The van der Waals surface area contributed by atoms with E-state index < -0.39 is 12.0 Å². The highest BCUT2D eigenvalue weighted by Gasteiger charge is 2.22. The number of nitrogens with two attached hydrogens (primary N) is 1. The average molecular weight is 558 g/mol. The summed E-state index contributed by atoms with van der Waals surface area (Å²) in [6, 6.07) is 13.6. The molecule has 6 rings (SSSR count). The van der Waals surface area contributed by atoms with Gasteiger partial charge < -0.3 is 20.1 Å². The van der Waals surface area contributed by atoms with Gasteiger partial charge in [0.05, 0.1) is 22.9 Å². The third-order valence-electron chi connectivity index (χ3n) is 7.15. The molecule has 2 N–H and O–H groups in total. The predicted octanol–water partition coefficient (Wildman–Crippen LogP) is 4.59. The molecule has 5 heterocycles. The van der Waals surface area contributed by atoms with Gasteiger partial charge in [-0.25, -0.2) is 9.97 Å². The number of likely N-dealkylation sites (tertiary alicyclic amines) is 1. The number of hydrogen-bond donors (Lipinski definition) is 1. The summed E-state index contributed by atoms with van der Waals surface area (Å²) in [5.41, 5.74) is 10.3. The SMILES string of the molecule is CC(Oc1cc(-n2cnc3cc(-c4cnn(C)c4)ccc32)sc1C(N)=O)c1cccc(OC2CCN(C)CC2)n1. The van der Waals surface area contributed by atoms with E-state index in [1.807, 2.05) is 73.4 Å². The van der Waals surface area contributed by atoms with Crippen molar-refractivity contribution in [2.45, 2.75) is 32.0 Å². The number of thiophene rings is 1. The van der Waals surface area contributed by atoms with E-state index in [0.29, 0.717) is 22.2 Å². The maximum Gasteiger partial charge on any atom is 0.262 e. The van der Waals surface area contributed by atoms with Gasteiger partial charge in [0.25, 0.3) is 5.91 Å². The third-order valence-corrected chi connectivity index (χ3v) is 8.28. The molecular formula is C29H31N7O3S. The number of piperidine rings is 1. The van der Waals surface area contributed by atoms with Crippen molar-refractivity contribution in [2.24, 2.45) is 12.8 Å². The van der Waals surface area contributed by atoms with Gasteiger partial charge in [-0.15, -0.1) is 11.3 Å². The lowest BCUT2D eigenvalue weighted by Gasteiger charge is -2.29. The van der Waals surface area contributed by atoms with Gasteiger partial charge in [-0.3, -0.25) is 14.0 Å². The number of amides is 1. The number of aromatic nitrogens is 5. The predicted molar refractivity (Wildman–Crippen MR) is 154 cm³/mol. The Morgan fingerprint density at radius 2 is 1.95 bits per heavy atom. The molecule has 1 atom stereocenters. The second-order valence-corrected chi connectivity index (χ2v) is 11.2. The number of imidazole rings is 1. The lowest BCUT2D eigenvalue weighted by Crippen LogP contribution is -2.35. The fourth-order valence-electron chi connectivity index (χ4n) is 4.93. The van der Waals surface area contributed by atoms with Gasteiger partial charge in [0.2, 0.25) is 5.88 Å². The Morgan fingerprint density at radius 1 is 1.12 bits per heavy atom. The minimum Gasteiger partial charge on any atom is -0.483 e. The van der Waals surface area contributed by atoms with E-state index in [9.17, 15) is 4.79 Å². The Morgan fingerprint density at radius 3 is 2.70 bits per heavy atom. The van der Waals surface area contributed by atoms with Gasteiger partial charge in [-0.05, 0) is 50.6 Å². The van der Waals surface area contributed by atoms with Crippen LogP contribution in [0.2, 0.25) is 0 Å². The zero-order chi connectivity index (χ0) is 27.8. The van der Waals surface area contributed by atoms with E-state index in [0.717, 1.165) is 53.1 Å². The van der Waals surface area contributed by atoms with Crippen molar-refractivity contribution >= 4 is 28.3 Å². The minimum absolute atomic E-state index is 0.154. The topological polar surface area (TPSA) is 113 Å². The van der Waals surface area contributed by atoms with Gasteiger partial charge in [-0.2, -0.15) is 5.10 Å². The molecule has 206 valence electrons. The number of primary amides is 1. The van der Waals surface area contributed by atoms with Crippen molar-refractivity contribution in [3.63, 3.8) is 0 Å². The van der Waals surface area contributed by atoms with Crippen LogP contribution in [0.4, 0.5) is 0 Å². The highest BCUT2D eigenvalue weighted by atomic mass is 32.1. The van der Waals surface area contributed by atoms with E-state index in [4.69, 9.17) is 20.2 Å². The van der Waals surface area contributed by atoms with Crippen molar-refractivity contribution in [3.05, 3.63) is 71.8 Å². The molecule has 0 aliphatic carbocycles. The van der Waals surface area contributed by atoms with Crippen molar-refractivity contribution in [3.8, 4) is 27.8 Å². The molecule has 1 fully saturated rings. The van der Waals surface area contributed by atoms with Crippen molar-refractivity contribution in [2.75, 3.05) is 20.1 Å². The van der Waals surface area contributed by atoms with E-state index >= 15 is 0 Å². The van der Waals surface area contributed by atoms with Crippen LogP contribution >= 0.6 is 11.3 Å². The van der Waals surface area contributed by atoms with E-state index in [-0.39, 0.29) is 6.10 Å². The lowest BCUT2D eigenvalue weighted by atomic mass is 10.1. The number of aryl methyl sites for hydroxylation is 1. The molecule has 5 aromatic rings.